The van der Waals surface area contributed by atoms with Crippen LogP contribution in [0.3, 0.4) is 0 Å². The summed E-state index contributed by atoms with van der Waals surface area (Å²) in [6.45, 7) is 0. The van der Waals surface area contributed by atoms with Crippen molar-refractivity contribution < 1.29 is 13.2 Å². The molecule has 0 nitrogen and oxygen atoms in total. The predicted molar refractivity (Wildman–Crippen MR) is 101 cm³/mol. The molecule has 0 N–H and O–H groups in total. The average Bonchev–Trinajstić information content (AvgIpc) is 2.52. The molecule has 1 heterocycles. The van der Waals surface area contributed by atoms with E-state index in [1.54, 1.807) is 23.5 Å². The van der Waals surface area contributed by atoms with Crippen molar-refractivity contribution in [3.63, 3.8) is 0 Å². The molecule has 23 heavy (non-hydrogen) atoms. The van der Waals surface area contributed by atoms with Crippen LogP contribution in [-0.4, -0.2) is 33.8 Å². The molecule has 1 aliphatic heterocycles. The molecule has 0 aliphatic carbocycles. The molecule has 0 spiro atoms. The normalized spacial score (nSPS) is 23.4. The van der Waals surface area contributed by atoms with Crippen LogP contribution in [-0.2, 0) is 0 Å². The SMILES string of the molecule is CSC1CSC(/C=C/C=C(/c2ccc(Cl)cc2)C(F)(F)F)SC1. The van der Waals surface area contributed by atoms with Crippen molar-refractivity contribution in [2.45, 2.75) is 16.0 Å². The molecule has 0 atom stereocenters. The molecule has 2 rings (SSSR count). The maximum Gasteiger partial charge on any atom is 0.416 e. The van der Waals surface area contributed by atoms with Gasteiger partial charge in [0.15, 0.2) is 0 Å². The van der Waals surface area contributed by atoms with E-state index < -0.39 is 11.7 Å². The lowest BCUT2D eigenvalue weighted by Crippen LogP contribution is -2.18. The highest BCUT2D eigenvalue weighted by atomic mass is 35.5. The summed E-state index contributed by atoms with van der Waals surface area (Å²) in [5.41, 5.74) is -0.531. The van der Waals surface area contributed by atoms with Gasteiger partial charge in [-0.2, -0.15) is 24.9 Å². The van der Waals surface area contributed by atoms with Crippen LogP contribution >= 0.6 is 46.9 Å². The predicted octanol–water partition coefficient (Wildman–Crippen LogP) is 6.38. The maximum atomic E-state index is 13.2. The molecule has 1 aliphatic rings. The van der Waals surface area contributed by atoms with Gasteiger partial charge in [-0.05, 0) is 30.0 Å². The molecule has 7 heteroatoms. The molecule has 0 bridgehead atoms. The summed E-state index contributed by atoms with van der Waals surface area (Å²) < 4.78 is 39.9. The Kier molecular flexibility index (Phi) is 7.32. The summed E-state index contributed by atoms with van der Waals surface area (Å²) in [6, 6.07) is 5.72. The van der Waals surface area contributed by atoms with E-state index in [1.807, 2.05) is 17.8 Å². The highest BCUT2D eigenvalue weighted by Crippen LogP contribution is 2.37. The Morgan fingerprint density at radius 3 is 2.35 bits per heavy atom. The maximum absolute atomic E-state index is 13.2. The molecular formula is C16H16ClF3S3. The van der Waals surface area contributed by atoms with Gasteiger partial charge in [-0.1, -0.05) is 35.9 Å². The van der Waals surface area contributed by atoms with E-state index in [1.165, 1.54) is 30.3 Å². The minimum Gasteiger partial charge on any atom is -0.166 e. The Balaban J connectivity index is 2.09. The summed E-state index contributed by atoms with van der Waals surface area (Å²) in [7, 11) is 0. The Bertz CT molecular complexity index is 559. The minimum absolute atomic E-state index is 0.123. The lowest BCUT2D eigenvalue weighted by atomic mass is 10.1. The van der Waals surface area contributed by atoms with Gasteiger partial charge >= 0.3 is 6.18 Å². The van der Waals surface area contributed by atoms with Gasteiger partial charge in [-0.15, -0.1) is 23.5 Å². The zero-order valence-electron chi connectivity index (χ0n) is 12.3. The van der Waals surface area contributed by atoms with Crippen LogP contribution in [0.1, 0.15) is 5.56 Å². The van der Waals surface area contributed by atoms with Gasteiger partial charge in [0.2, 0.25) is 0 Å². The molecule has 0 radical (unpaired) electrons. The number of benzene rings is 1. The quantitative estimate of drug-likeness (QED) is 0.542. The molecule has 1 saturated heterocycles. The fourth-order valence-corrected chi connectivity index (χ4v) is 6.11. The van der Waals surface area contributed by atoms with Gasteiger partial charge in [0.25, 0.3) is 0 Å². The van der Waals surface area contributed by atoms with E-state index in [0.29, 0.717) is 10.3 Å². The van der Waals surface area contributed by atoms with E-state index in [-0.39, 0.29) is 10.1 Å². The Morgan fingerprint density at radius 1 is 1.22 bits per heavy atom. The van der Waals surface area contributed by atoms with Crippen molar-refractivity contribution >= 4 is 52.5 Å². The van der Waals surface area contributed by atoms with Crippen LogP contribution in [0.25, 0.3) is 5.57 Å². The largest absolute Gasteiger partial charge is 0.416 e. The number of allylic oxidation sites excluding steroid dienone is 3. The lowest BCUT2D eigenvalue weighted by molar-refractivity contribution is -0.0689. The van der Waals surface area contributed by atoms with Crippen molar-refractivity contribution in [2.75, 3.05) is 17.8 Å². The van der Waals surface area contributed by atoms with Gasteiger partial charge < -0.3 is 0 Å². The monoisotopic (exact) mass is 396 g/mol. The first kappa shape index (κ1) is 19.2. The Hall–Kier alpha value is -0.170. The molecule has 0 amide bonds. The first-order chi connectivity index (χ1) is 10.9. The van der Waals surface area contributed by atoms with Crippen LogP contribution < -0.4 is 0 Å². The van der Waals surface area contributed by atoms with Gasteiger partial charge in [-0.3, -0.25) is 0 Å². The molecule has 1 aromatic carbocycles. The first-order valence-electron chi connectivity index (χ1n) is 6.88. The topological polar surface area (TPSA) is 0 Å². The standard InChI is InChI=1S/C16H16ClF3S3/c1-21-13-9-22-15(23-10-13)4-2-3-14(16(18,19)20)11-5-7-12(17)8-6-11/h2-8,13,15H,9-10H2,1H3/b4-2+,14-3-. The average molecular weight is 397 g/mol. The fourth-order valence-electron chi connectivity index (χ4n) is 1.97. The summed E-state index contributed by atoms with van der Waals surface area (Å²) >= 11 is 11.1. The fraction of sp³-hybridized carbons (Fsp3) is 0.375. The van der Waals surface area contributed by atoms with E-state index in [9.17, 15) is 13.2 Å². The summed E-state index contributed by atoms with van der Waals surface area (Å²) in [5, 5.41) is 1.05. The van der Waals surface area contributed by atoms with Crippen molar-refractivity contribution in [3.05, 3.63) is 53.1 Å². The van der Waals surface area contributed by atoms with Gasteiger partial charge in [-0.25, -0.2) is 0 Å². The molecule has 1 aromatic rings. The highest BCUT2D eigenvalue weighted by molar-refractivity contribution is 8.19. The second kappa shape index (κ2) is 8.79. The Morgan fingerprint density at radius 2 is 1.83 bits per heavy atom. The van der Waals surface area contributed by atoms with E-state index in [2.05, 4.69) is 6.26 Å². The van der Waals surface area contributed by atoms with Crippen LogP contribution in [0.5, 0.6) is 0 Å². The van der Waals surface area contributed by atoms with Gasteiger partial charge in [0.05, 0.1) is 10.2 Å². The lowest BCUT2D eigenvalue weighted by Gasteiger charge is -2.24. The molecule has 126 valence electrons. The van der Waals surface area contributed by atoms with Gasteiger partial charge in [0, 0.05) is 21.8 Å². The van der Waals surface area contributed by atoms with Gasteiger partial charge in [0.1, 0.15) is 0 Å². The van der Waals surface area contributed by atoms with E-state index in [4.69, 9.17) is 11.6 Å². The third-order valence-electron chi connectivity index (χ3n) is 3.22. The number of halogens is 4. The third-order valence-corrected chi connectivity index (χ3v) is 7.87. The highest BCUT2D eigenvalue weighted by Gasteiger charge is 2.34. The number of rotatable bonds is 4. The van der Waals surface area contributed by atoms with Crippen LogP contribution in [0.2, 0.25) is 5.02 Å². The van der Waals surface area contributed by atoms with E-state index in [0.717, 1.165) is 17.6 Å². The van der Waals surface area contributed by atoms with Crippen LogP contribution in [0, 0.1) is 0 Å². The summed E-state index contributed by atoms with van der Waals surface area (Å²) in [4.78, 5) is 0. The molecule has 0 unspecified atom stereocenters. The molecule has 1 fully saturated rings. The Labute approximate surface area is 152 Å². The summed E-state index contributed by atoms with van der Waals surface area (Å²) in [5.74, 6) is 2.08. The van der Waals surface area contributed by atoms with Crippen LogP contribution in [0.15, 0.2) is 42.5 Å². The molecular weight excluding hydrogens is 381 g/mol. The van der Waals surface area contributed by atoms with Crippen molar-refractivity contribution in [3.8, 4) is 0 Å². The second-order valence-electron chi connectivity index (χ2n) is 4.86. The number of hydrogen-bond acceptors (Lipinski definition) is 3. The van der Waals surface area contributed by atoms with Crippen LogP contribution in [0.4, 0.5) is 13.2 Å². The molecule has 0 saturated carbocycles. The number of hydrogen-bond donors (Lipinski definition) is 0. The second-order valence-corrected chi connectivity index (χ2v) is 9.08. The van der Waals surface area contributed by atoms with Crippen molar-refractivity contribution in [1.29, 1.82) is 0 Å². The van der Waals surface area contributed by atoms with Crippen molar-refractivity contribution in [2.24, 2.45) is 0 Å². The zero-order chi connectivity index (χ0) is 16.9. The first-order valence-corrected chi connectivity index (χ1v) is 10.6. The zero-order valence-corrected chi connectivity index (χ0v) is 15.6. The van der Waals surface area contributed by atoms with Crippen molar-refractivity contribution in [1.82, 2.24) is 0 Å². The summed E-state index contributed by atoms with van der Waals surface area (Å²) in [6.07, 6.45) is 2.20. The van der Waals surface area contributed by atoms with E-state index >= 15 is 0 Å². The molecule has 0 aromatic heterocycles. The minimum atomic E-state index is -4.39. The number of thioether (sulfide) groups is 3. The smallest absolute Gasteiger partial charge is 0.166 e. The number of alkyl halides is 3. The third kappa shape index (κ3) is 6.00.